The lowest BCUT2D eigenvalue weighted by Gasteiger charge is -2.35. The maximum atomic E-state index is 11.7. The fraction of sp³-hybridized carbons (Fsp3) is 0.636. The molecule has 0 unspecified atom stereocenters. The second-order valence-electron chi connectivity index (χ2n) is 4.17. The van der Waals surface area contributed by atoms with Crippen LogP contribution < -0.4 is 11.1 Å². The van der Waals surface area contributed by atoms with Crippen molar-refractivity contribution in [1.29, 1.82) is 0 Å². The molecule has 1 amide bonds. The van der Waals surface area contributed by atoms with E-state index in [1.54, 1.807) is 0 Å². The van der Waals surface area contributed by atoms with Gasteiger partial charge in [-0.15, -0.1) is 11.3 Å². The second kappa shape index (κ2) is 5.46. The monoisotopic (exact) mass is 255 g/mol. The van der Waals surface area contributed by atoms with Crippen LogP contribution in [0.5, 0.6) is 0 Å². The van der Waals surface area contributed by atoms with E-state index in [0.717, 1.165) is 25.1 Å². The van der Waals surface area contributed by atoms with Crippen LogP contribution in [0.1, 0.15) is 25.5 Å². The fourth-order valence-electron chi connectivity index (χ4n) is 1.90. The van der Waals surface area contributed by atoms with E-state index in [4.69, 9.17) is 10.5 Å². The van der Waals surface area contributed by atoms with E-state index in [1.807, 2.05) is 12.3 Å². The largest absolute Gasteiger partial charge is 0.378 e. The molecule has 0 saturated heterocycles. The van der Waals surface area contributed by atoms with Crippen molar-refractivity contribution in [3.8, 4) is 0 Å². The third-order valence-electron chi connectivity index (χ3n) is 2.77. The van der Waals surface area contributed by atoms with Gasteiger partial charge < -0.3 is 15.8 Å². The molecule has 0 aromatic carbocycles. The van der Waals surface area contributed by atoms with Gasteiger partial charge in [0.05, 0.1) is 18.2 Å². The highest BCUT2D eigenvalue weighted by atomic mass is 32.1. The summed E-state index contributed by atoms with van der Waals surface area (Å²) in [5, 5.41) is 5.29. The molecular formula is C11H17N3O2S. The minimum Gasteiger partial charge on any atom is -0.378 e. The number of nitrogens with zero attached hydrogens (tertiary/aromatic N) is 1. The summed E-state index contributed by atoms with van der Waals surface area (Å²) in [5.74, 6) is 0.00949. The van der Waals surface area contributed by atoms with Gasteiger partial charge in [0.25, 0.3) is 0 Å². The zero-order chi connectivity index (χ0) is 12.3. The number of anilines is 1. The molecule has 5 nitrogen and oxygen atoms in total. The summed E-state index contributed by atoms with van der Waals surface area (Å²) in [6.45, 7) is 2.72. The Morgan fingerprint density at radius 3 is 3.06 bits per heavy atom. The first-order chi connectivity index (χ1) is 8.17. The maximum Gasteiger partial charge on any atom is 0.226 e. The molecule has 1 aliphatic rings. The molecule has 3 N–H and O–H groups in total. The second-order valence-corrected chi connectivity index (χ2v) is 5.06. The van der Waals surface area contributed by atoms with E-state index >= 15 is 0 Å². The number of hydrogen-bond donors (Lipinski definition) is 2. The molecule has 1 aliphatic carbocycles. The van der Waals surface area contributed by atoms with Crippen LogP contribution >= 0.6 is 11.3 Å². The van der Waals surface area contributed by atoms with Gasteiger partial charge in [-0.25, -0.2) is 4.98 Å². The van der Waals surface area contributed by atoms with E-state index in [1.165, 1.54) is 11.3 Å². The van der Waals surface area contributed by atoms with Crippen LogP contribution in [-0.2, 0) is 16.0 Å². The molecule has 1 fully saturated rings. The smallest absolute Gasteiger partial charge is 0.226 e. The zero-order valence-corrected chi connectivity index (χ0v) is 10.6. The molecule has 17 heavy (non-hydrogen) atoms. The predicted octanol–water partition coefficient (Wildman–Crippen LogP) is 0.951. The number of rotatable bonds is 5. The quantitative estimate of drug-likeness (QED) is 0.821. The Hall–Kier alpha value is -1.14. The zero-order valence-electron chi connectivity index (χ0n) is 9.81. The van der Waals surface area contributed by atoms with Crippen LogP contribution in [0.25, 0.3) is 0 Å². The molecule has 0 spiro atoms. The molecule has 0 bridgehead atoms. The Bertz CT molecular complexity index is 388. The number of hydrogen-bond acceptors (Lipinski definition) is 5. The summed E-state index contributed by atoms with van der Waals surface area (Å²) < 4.78 is 5.43. The first-order valence-electron chi connectivity index (χ1n) is 5.78. The average molecular weight is 255 g/mol. The lowest BCUT2D eigenvalue weighted by atomic mass is 9.89. The van der Waals surface area contributed by atoms with Crippen molar-refractivity contribution >= 4 is 22.4 Å². The van der Waals surface area contributed by atoms with Crippen molar-refractivity contribution in [2.24, 2.45) is 0 Å². The van der Waals surface area contributed by atoms with Crippen molar-refractivity contribution in [3.05, 3.63) is 11.1 Å². The van der Waals surface area contributed by atoms with Gasteiger partial charge in [0.1, 0.15) is 0 Å². The molecule has 6 heteroatoms. The number of amides is 1. The summed E-state index contributed by atoms with van der Waals surface area (Å²) in [6, 6.07) is 0.259. The van der Waals surface area contributed by atoms with Gasteiger partial charge in [-0.3, -0.25) is 4.79 Å². The number of aromatic nitrogens is 1. The fourth-order valence-corrected chi connectivity index (χ4v) is 2.47. The van der Waals surface area contributed by atoms with Crippen LogP contribution in [0, 0.1) is 0 Å². The van der Waals surface area contributed by atoms with Gasteiger partial charge in [0, 0.05) is 18.0 Å². The molecule has 0 aliphatic heterocycles. The Morgan fingerprint density at radius 2 is 2.47 bits per heavy atom. The van der Waals surface area contributed by atoms with Crippen molar-refractivity contribution in [1.82, 2.24) is 10.3 Å². The summed E-state index contributed by atoms with van der Waals surface area (Å²) >= 11 is 1.36. The third-order valence-corrected chi connectivity index (χ3v) is 3.50. The molecule has 1 heterocycles. The lowest BCUT2D eigenvalue weighted by molar-refractivity contribution is -0.123. The number of thiazole rings is 1. The Kier molecular flexibility index (Phi) is 3.96. The lowest BCUT2D eigenvalue weighted by Crippen LogP contribution is -2.48. The number of ether oxygens (including phenoxy) is 1. The number of nitrogens with one attached hydrogen (secondary N) is 1. The molecule has 1 aromatic rings. The number of nitrogens with two attached hydrogens (primary N) is 1. The number of carbonyl (C=O) groups excluding carboxylic acids is 1. The molecule has 1 saturated carbocycles. The standard InChI is InChI=1S/C11H17N3O2S/c1-2-16-9-3-7(4-9)13-10(15)5-8-6-17-11(12)14-8/h6-7,9H,2-5H2,1H3,(H2,12,14)(H,13,15). The summed E-state index contributed by atoms with van der Waals surface area (Å²) in [5.41, 5.74) is 6.24. The number of nitrogen functional groups attached to an aromatic ring is 1. The van der Waals surface area contributed by atoms with Gasteiger partial charge in [-0.2, -0.15) is 0 Å². The highest BCUT2D eigenvalue weighted by molar-refractivity contribution is 7.13. The Morgan fingerprint density at radius 1 is 1.71 bits per heavy atom. The summed E-state index contributed by atoms with van der Waals surface area (Å²) in [7, 11) is 0. The molecule has 2 rings (SSSR count). The normalized spacial score (nSPS) is 23.1. The van der Waals surface area contributed by atoms with Crippen molar-refractivity contribution in [3.63, 3.8) is 0 Å². The van der Waals surface area contributed by atoms with E-state index in [2.05, 4.69) is 10.3 Å². The van der Waals surface area contributed by atoms with Gasteiger partial charge >= 0.3 is 0 Å². The van der Waals surface area contributed by atoms with Crippen molar-refractivity contribution in [2.75, 3.05) is 12.3 Å². The molecule has 0 atom stereocenters. The SMILES string of the molecule is CCOC1CC(NC(=O)Cc2csc(N)n2)C1. The third kappa shape index (κ3) is 3.41. The van der Waals surface area contributed by atoms with Crippen LogP contribution in [0.4, 0.5) is 5.13 Å². The first kappa shape index (κ1) is 12.3. The van der Waals surface area contributed by atoms with E-state index in [0.29, 0.717) is 17.7 Å². The van der Waals surface area contributed by atoms with Gasteiger partial charge in [0.15, 0.2) is 5.13 Å². The minimum absolute atomic E-state index is 0.00949. The molecule has 1 aromatic heterocycles. The van der Waals surface area contributed by atoms with E-state index < -0.39 is 0 Å². The number of carbonyl (C=O) groups is 1. The topological polar surface area (TPSA) is 77.2 Å². The summed E-state index contributed by atoms with van der Waals surface area (Å²) in [6.07, 6.45) is 2.46. The van der Waals surface area contributed by atoms with E-state index in [9.17, 15) is 4.79 Å². The van der Waals surface area contributed by atoms with Crippen molar-refractivity contribution < 1.29 is 9.53 Å². The maximum absolute atomic E-state index is 11.7. The van der Waals surface area contributed by atoms with Crippen LogP contribution in [0.15, 0.2) is 5.38 Å². The minimum atomic E-state index is 0.00949. The van der Waals surface area contributed by atoms with Crippen LogP contribution in [0.3, 0.4) is 0 Å². The van der Waals surface area contributed by atoms with Crippen molar-refractivity contribution in [2.45, 2.75) is 38.3 Å². The summed E-state index contributed by atoms with van der Waals surface area (Å²) in [4.78, 5) is 15.7. The van der Waals surface area contributed by atoms with Gasteiger partial charge in [-0.05, 0) is 19.8 Å². The predicted molar refractivity (Wildman–Crippen MR) is 66.8 cm³/mol. The molecule has 0 radical (unpaired) electrons. The average Bonchev–Trinajstić information content (AvgIpc) is 2.61. The molecular weight excluding hydrogens is 238 g/mol. The van der Waals surface area contributed by atoms with Gasteiger partial charge in [-0.1, -0.05) is 0 Å². The highest BCUT2D eigenvalue weighted by Crippen LogP contribution is 2.23. The van der Waals surface area contributed by atoms with E-state index in [-0.39, 0.29) is 11.9 Å². The Balaban J connectivity index is 1.69. The van der Waals surface area contributed by atoms with Crippen LogP contribution in [0.2, 0.25) is 0 Å². The van der Waals surface area contributed by atoms with Gasteiger partial charge in [0.2, 0.25) is 5.91 Å². The first-order valence-corrected chi connectivity index (χ1v) is 6.66. The Labute approximate surface area is 104 Å². The highest BCUT2D eigenvalue weighted by Gasteiger charge is 2.30. The molecule has 94 valence electrons. The van der Waals surface area contributed by atoms with Crippen LogP contribution in [-0.4, -0.2) is 29.6 Å².